The second-order valence-corrected chi connectivity index (χ2v) is 7.88. The highest BCUT2D eigenvalue weighted by Gasteiger charge is 2.24. The lowest BCUT2D eigenvalue weighted by Gasteiger charge is -2.15. The Kier molecular flexibility index (Phi) is 6.37. The number of benzene rings is 1. The second-order valence-electron chi connectivity index (χ2n) is 7.52. The zero-order valence-corrected chi connectivity index (χ0v) is 17.5. The van der Waals surface area contributed by atoms with Crippen LogP contribution in [0.15, 0.2) is 24.3 Å². The molecule has 0 spiro atoms. The zero-order chi connectivity index (χ0) is 21.1. The third kappa shape index (κ3) is 4.67. The number of hydrogen-bond donors (Lipinski definition) is 0. The van der Waals surface area contributed by atoms with Crippen LogP contribution in [0.5, 0.6) is 0 Å². The molecule has 0 bridgehead atoms. The quantitative estimate of drug-likeness (QED) is 0.507. The van der Waals surface area contributed by atoms with Crippen LogP contribution in [0.2, 0.25) is 5.15 Å². The van der Waals surface area contributed by atoms with E-state index in [-0.39, 0.29) is 22.4 Å². The summed E-state index contributed by atoms with van der Waals surface area (Å²) >= 11 is 6.27. The van der Waals surface area contributed by atoms with Gasteiger partial charge in [-0.2, -0.15) is 5.10 Å². The first-order chi connectivity index (χ1) is 13.8. The first kappa shape index (κ1) is 21.0. The summed E-state index contributed by atoms with van der Waals surface area (Å²) in [7, 11) is 0. The van der Waals surface area contributed by atoms with Crippen LogP contribution < -0.4 is 4.90 Å². The molecule has 1 aliphatic rings. The molecule has 1 aromatic heterocycles. The van der Waals surface area contributed by atoms with E-state index in [0.717, 1.165) is 12.1 Å². The van der Waals surface area contributed by atoms with Crippen molar-refractivity contribution in [2.24, 2.45) is 5.92 Å². The standard InChI is InChI=1S/C21H24ClN3O4/c1-13(2)11-25-20(22)19(14(3)23-25)21(28)29-12-17(26)15-6-8-16(9-7-15)24-10-4-5-18(24)27/h6-9,13H,4-5,10-12H2,1-3H3. The molecule has 1 aromatic carbocycles. The average molecular weight is 418 g/mol. The van der Waals surface area contributed by atoms with Gasteiger partial charge >= 0.3 is 5.97 Å². The van der Waals surface area contributed by atoms with Gasteiger partial charge in [0.25, 0.3) is 0 Å². The Balaban J connectivity index is 1.62. The number of halogens is 1. The van der Waals surface area contributed by atoms with Gasteiger partial charge in [-0.15, -0.1) is 0 Å². The molecule has 0 N–H and O–H groups in total. The fourth-order valence-electron chi connectivity index (χ4n) is 3.29. The topological polar surface area (TPSA) is 81.5 Å². The molecule has 0 atom stereocenters. The van der Waals surface area contributed by atoms with E-state index in [9.17, 15) is 14.4 Å². The fourth-order valence-corrected chi connectivity index (χ4v) is 3.61. The van der Waals surface area contributed by atoms with Gasteiger partial charge in [0, 0.05) is 30.8 Å². The van der Waals surface area contributed by atoms with Crippen molar-refractivity contribution in [2.45, 2.75) is 40.2 Å². The molecule has 1 saturated heterocycles. The molecule has 7 nitrogen and oxygen atoms in total. The molecular weight excluding hydrogens is 394 g/mol. The minimum atomic E-state index is -0.671. The molecule has 154 valence electrons. The second kappa shape index (κ2) is 8.78. The smallest absolute Gasteiger partial charge is 0.343 e. The highest BCUT2D eigenvalue weighted by Crippen LogP contribution is 2.23. The maximum atomic E-state index is 12.4. The van der Waals surface area contributed by atoms with E-state index in [1.165, 1.54) is 0 Å². The highest BCUT2D eigenvalue weighted by molar-refractivity contribution is 6.32. The van der Waals surface area contributed by atoms with Gasteiger partial charge in [-0.1, -0.05) is 25.4 Å². The maximum Gasteiger partial charge on any atom is 0.343 e. The van der Waals surface area contributed by atoms with Crippen molar-refractivity contribution in [3.63, 3.8) is 0 Å². The molecule has 2 heterocycles. The number of amides is 1. The molecule has 0 saturated carbocycles. The van der Waals surface area contributed by atoms with E-state index in [4.69, 9.17) is 16.3 Å². The van der Waals surface area contributed by atoms with Gasteiger partial charge in [0.2, 0.25) is 5.91 Å². The van der Waals surface area contributed by atoms with Crippen molar-refractivity contribution >= 4 is 34.9 Å². The van der Waals surface area contributed by atoms with Crippen molar-refractivity contribution in [3.05, 3.63) is 46.2 Å². The number of nitrogens with zero attached hydrogens (tertiary/aromatic N) is 3. The van der Waals surface area contributed by atoms with E-state index in [1.807, 2.05) is 13.8 Å². The number of anilines is 1. The van der Waals surface area contributed by atoms with Gasteiger partial charge in [-0.25, -0.2) is 4.79 Å². The summed E-state index contributed by atoms with van der Waals surface area (Å²) in [6, 6.07) is 6.73. The third-order valence-electron chi connectivity index (χ3n) is 4.72. The van der Waals surface area contributed by atoms with Gasteiger partial charge in [0.15, 0.2) is 12.4 Å². The van der Waals surface area contributed by atoms with E-state index in [1.54, 1.807) is 40.8 Å². The average Bonchev–Trinajstić information content (AvgIpc) is 3.22. The molecule has 0 aliphatic carbocycles. The van der Waals surface area contributed by atoms with Gasteiger partial charge in [0.1, 0.15) is 10.7 Å². The Morgan fingerprint density at radius 3 is 2.52 bits per heavy atom. The Bertz CT molecular complexity index is 934. The molecular formula is C21H24ClN3O4. The van der Waals surface area contributed by atoms with Gasteiger partial charge in [-0.05, 0) is 43.5 Å². The summed E-state index contributed by atoms with van der Waals surface area (Å²) in [5.74, 6) is -0.601. The Labute approximate surface area is 174 Å². The number of aryl methyl sites for hydroxylation is 1. The summed E-state index contributed by atoms with van der Waals surface area (Å²) in [5.41, 5.74) is 1.82. The Morgan fingerprint density at radius 1 is 1.24 bits per heavy atom. The van der Waals surface area contributed by atoms with Crippen molar-refractivity contribution in [1.82, 2.24) is 9.78 Å². The molecule has 3 rings (SSSR count). The first-order valence-electron chi connectivity index (χ1n) is 9.61. The van der Waals surface area contributed by atoms with Crippen LogP contribution in [-0.2, 0) is 16.1 Å². The summed E-state index contributed by atoms with van der Waals surface area (Å²) in [5, 5.41) is 4.49. The molecule has 8 heteroatoms. The molecule has 2 aromatic rings. The molecule has 0 unspecified atom stereocenters. The monoisotopic (exact) mass is 417 g/mol. The lowest BCUT2D eigenvalue weighted by atomic mass is 10.1. The SMILES string of the molecule is Cc1nn(CC(C)C)c(Cl)c1C(=O)OCC(=O)c1ccc(N2CCCC2=O)cc1. The molecule has 29 heavy (non-hydrogen) atoms. The fraction of sp³-hybridized carbons (Fsp3) is 0.429. The number of ether oxygens (including phenoxy) is 1. The molecule has 1 fully saturated rings. The van der Waals surface area contributed by atoms with Gasteiger partial charge in [0.05, 0.1) is 5.69 Å². The number of carbonyl (C=O) groups excluding carboxylic acids is 3. The molecule has 1 aliphatic heterocycles. The van der Waals surface area contributed by atoms with Crippen LogP contribution in [0, 0.1) is 12.8 Å². The lowest BCUT2D eigenvalue weighted by molar-refractivity contribution is -0.117. The summed E-state index contributed by atoms with van der Waals surface area (Å²) < 4.78 is 6.75. The predicted molar refractivity (Wildman–Crippen MR) is 109 cm³/mol. The summed E-state index contributed by atoms with van der Waals surface area (Å²) in [6.07, 6.45) is 1.39. The first-order valence-corrected chi connectivity index (χ1v) is 9.99. The van der Waals surface area contributed by atoms with Crippen molar-refractivity contribution in [1.29, 1.82) is 0 Å². The van der Waals surface area contributed by atoms with E-state index >= 15 is 0 Å². The highest BCUT2D eigenvalue weighted by atomic mass is 35.5. The maximum absolute atomic E-state index is 12.4. The minimum Gasteiger partial charge on any atom is -0.454 e. The van der Waals surface area contributed by atoms with Crippen molar-refractivity contribution < 1.29 is 19.1 Å². The van der Waals surface area contributed by atoms with Gasteiger partial charge < -0.3 is 9.64 Å². The zero-order valence-electron chi connectivity index (χ0n) is 16.8. The lowest BCUT2D eigenvalue weighted by Crippen LogP contribution is -2.23. The summed E-state index contributed by atoms with van der Waals surface area (Å²) in [6.45, 7) is 6.60. The number of Topliss-reactive ketones (excluding diaryl/α,β-unsaturated/α-hetero) is 1. The number of aromatic nitrogens is 2. The Hall–Kier alpha value is -2.67. The largest absolute Gasteiger partial charge is 0.454 e. The molecule has 1 amide bonds. The predicted octanol–water partition coefficient (Wildman–Crippen LogP) is 3.67. The van der Waals surface area contributed by atoms with Gasteiger partial charge in [-0.3, -0.25) is 14.3 Å². The van der Waals surface area contributed by atoms with E-state index in [2.05, 4.69) is 5.10 Å². The van der Waals surface area contributed by atoms with Crippen LogP contribution in [0.4, 0.5) is 5.69 Å². The van der Waals surface area contributed by atoms with E-state index in [0.29, 0.717) is 36.7 Å². The van der Waals surface area contributed by atoms with Crippen LogP contribution in [0.3, 0.4) is 0 Å². The van der Waals surface area contributed by atoms with Crippen LogP contribution in [0.1, 0.15) is 53.1 Å². The van der Waals surface area contributed by atoms with Crippen LogP contribution in [0.25, 0.3) is 0 Å². The number of hydrogen-bond acceptors (Lipinski definition) is 5. The van der Waals surface area contributed by atoms with E-state index < -0.39 is 12.6 Å². The van der Waals surface area contributed by atoms with Crippen molar-refractivity contribution in [2.75, 3.05) is 18.1 Å². The normalized spacial score (nSPS) is 14.0. The third-order valence-corrected chi connectivity index (χ3v) is 5.10. The number of carbonyl (C=O) groups is 3. The number of ketones is 1. The summed E-state index contributed by atoms with van der Waals surface area (Å²) in [4.78, 5) is 38.3. The van der Waals surface area contributed by atoms with Crippen LogP contribution >= 0.6 is 11.6 Å². The number of esters is 1. The number of rotatable bonds is 7. The molecule has 0 radical (unpaired) electrons. The van der Waals surface area contributed by atoms with Crippen molar-refractivity contribution in [3.8, 4) is 0 Å². The Morgan fingerprint density at radius 2 is 1.93 bits per heavy atom. The van der Waals surface area contributed by atoms with Crippen LogP contribution in [-0.4, -0.2) is 40.6 Å². The minimum absolute atomic E-state index is 0.0864.